The molecule has 12 nitrogen and oxygen atoms in total. The van der Waals surface area contributed by atoms with Crippen LogP contribution < -0.4 is 0 Å². The average Bonchev–Trinajstić information content (AvgIpc) is 2.70. The van der Waals surface area contributed by atoms with Gasteiger partial charge in [-0.15, -0.1) is 0 Å². The molecule has 31 heavy (non-hydrogen) atoms. The lowest BCUT2D eigenvalue weighted by molar-refractivity contribution is -0.201. The van der Waals surface area contributed by atoms with Crippen molar-refractivity contribution in [2.24, 2.45) is 5.11 Å². The summed E-state index contributed by atoms with van der Waals surface area (Å²) in [6.45, 7) is 3.23. The fourth-order valence-corrected chi connectivity index (χ4v) is 3.90. The molecule has 1 aliphatic heterocycles. The van der Waals surface area contributed by atoms with Crippen LogP contribution in [-0.2, 0) is 33.3 Å². The normalized spacial score (nSPS) is 24.8. The van der Waals surface area contributed by atoms with Crippen LogP contribution in [0.1, 0.15) is 26.5 Å². The van der Waals surface area contributed by atoms with Gasteiger partial charge in [-0.05, 0) is 17.7 Å². The van der Waals surface area contributed by atoms with Crippen LogP contribution in [0.2, 0.25) is 0 Å². The van der Waals surface area contributed by atoms with E-state index in [2.05, 4.69) is 15.0 Å². The molecule has 1 aromatic rings. The Balaban J connectivity index is 2.42. The van der Waals surface area contributed by atoms with Gasteiger partial charge in [-0.3, -0.25) is 14.4 Å². The van der Waals surface area contributed by atoms with Crippen LogP contribution in [0.5, 0.6) is 0 Å². The molecular weight excluding hydrogens is 430 g/mol. The molecule has 2 rings (SSSR count). The second-order valence-corrected chi connectivity index (χ2v) is 7.47. The van der Waals surface area contributed by atoms with Gasteiger partial charge in [0.15, 0.2) is 0 Å². The van der Waals surface area contributed by atoms with E-state index in [1.165, 1.54) is 26.1 Å². The molecule has 0 radical (unpaired) electrons. The van der Waals surface area contributed by atoms with Gasteiger partial charge in [-0.25, -0.2) is 4.98 Å². The van der Waals surface area contributed by atoms with Gasteiger partial charge in [-0.2, -0.15) is 5.26 Å². The predicted octanol–water partition coefficient (Wildman–Crippen LogP) is 1.88. The highest BCUT2D eigenvalue weighted by atomic mass is 32.2. The first kappa shape index (κ1) is 23.9. The molecule has 0 amide bonds. The van der Waals surface area contributed by atoms with Crippen molar-refractivity contribution in [1.82, 2.24) is 4.98 Å². The minimum atomic E-state index is -1.17. The van der Waals surface area contributed by atoms with Crippen molar-refractivity contribution < 1.29 is 33.3 Å². The number of hydrogen-bond acceptors (Lipinski definition) is 11. The van der Waals surface area contributed by atoms with Crippen molar-refractivity contribution in [2.45, 2.75) is 55.5 Å². The van der Waals surface area contributed by atoms with Crippen LogP contribution in [-0.4, -0.2) is 59.3 Å². The number of rotatable bonds is 7. The van der Waals surface area contributed by atoms with Crippen molar-refractivity contribution in [3.63, 3.8) is 0 Å². The van der Waals surface area contributed by atoms with Crippen LogP contribution in [0, 0.1) is 11.3 Å². The number of carbonyl (C=O) groups excluding carboxylic acids is 3. The topological polar surface area (TPSA) is 174 Å². The fourth-order valence-electron chi connectivity index (χ4n) is 2.82. The van der Waals surface area contributed by atoms with E-state index in [1.807, 2.05) is 6.07 Å². The van der Waals surface area contributed by atoms with Gasteiger partial charge in [-0.1, -0.05) is 16.9 Å². The molecule has 1 aliphatic rings. The smallest absolute Gasteiger partial charge is 0.303 e. The summed E-state index contributed by atoms with van der Waals surface area (Å²) in [5.41, 5.74) is 8.34. The first-order valence-corrected chi connectivity index (χ1v) is 9.83. The fraction of sp³-hybridized carbons (Fsp3) is 0.500. The summed E-state index contributed by atoms with van der Waals surface area (Å²) in [6.07, 6.45) is -1.88. The van der Waals surface area contributed by atoms with Gasteiger partial charge >= 0.3 is 17.9 Å². The summed E-state index contributed by atoms with van der Waals surface area (Å²) in [5, 5.41) is 12.6. The molecule has 0 aliphatic carbocycles. The first-order valence-electron chi connectivity index (χ1n) is 8.95. The van der Waals surface area contributed by atoms with E-state index >= 15 is 0 Å². The average molecular weight is 449 g/mol. The maximum Gasteiger partial charge on any atom is 0.303 e. The van der Waals surface area contributed by atoms with E-state index < -0.39 is 47.7 Å². The lowest BCUT2D eigenvalue weighted by atomic mass is 9.97. The summed E-state index contributed by atoms with van der Waals surface area (Å²) in [4.78, 5) is 42.0. The molecule has 0 saturated carbocycles. The minimum absolute atomic E-state index is 0.208. The zero-order valence-corrected chi connectivity index (χ0v) is 17.6. The molecule has 164 valence electrons. The van der Waals surface area contributed by atoms with Gasteiger partial charge in [0.2, 0.25) is 0 Å². The van der Waals surface area contributed by atoms with E-state index in [0.717, 1.165) is 18.7 Å². The highest BCUT2D eigenvalue weighted by molar-refractivity contribution is 7.99. The molecule has 0 unspecified atom stereocenters. The molecule has 0 spiro atoms. The van der Waals surface area contributed by atoms with E-state index in [-0.39, 0.29) is 12.3 Å². The number of carbonyl (C=O) groups is 3. The number of aromatic nitrogens is 1. The Bertz CT molecular complexity index is 913. The zero-order valence-electron chi connectivity index (χ0n) is 16.8. The Labute approximate surface area is 181 Å². The lowest BCUT2D eigenvalue weighted by Crippen LogP contribution is -2.59. The third kappa shape index (κ3) is 6.85. The largest absolute Gasteiger partial charge is 0.463 e. The van der Waals surface area contributed by atoms with E-state index in [1.54, 1.807) is 6.07 Å². The van der Waals surface area contributed by atoms with Crippen LogP contribution >= 0.6 is 11.8 Å². The highest BCUT2D eigenvalue weighted by Crippen LogP contribution is 2.37. The van der Waals surface area contributed by atoms with Crippen molar-refractivity contribution >= 4 is 29.7 Å². The van der Waals surface area contributed by atoms with Gasteiger partial charge in [0.1, 0.15) is 48.2 Å². The Morgan fingerprint density at radius 3 is 2.42 bits per heavy atom. The number of azide groups is 1. The quantitative estimate of drug-likeness (QED) is 0.196. The predicted molar refractivity (Wildman–Crippen MR) is 104 cm³/mol. The van der Waals surface area contributed by atoms with Crippen LogP contribution in [0.25, 0.3) is 10.4 Å². The molecule has 0 N–H and O–H groups in total. The summed E-state index contributed by atoms with van der Waals surface area (Å²) in [6, 6.07) is 3.86. The monoisotopic (exact) mass is 449 g/mol. The van der Waals surface area contributed by atoms with Gasteiger partial charge in [0.05, 0.1) is 0 Å². The van der Waals surface area contributed by atoms with E-state index in [4.69, 9.17) is 29.7 Å². The second kappa shape index (κ2) is 11.2. The van der Waals surface area contributed by atoms with Crippen LogP contribution in [0.4, 0.5) is 0 Å². The van der Waals surface area contributed by atoms with E-state index in [9.17, 15) is 14.4 Å². The maximum absolute atomic E-state index is 11.7. The number of pyridine rings is 1. The number of hydrogen-bond donors (Lipinski definition) is 0. The minimum Gasteiger partial charge on any atom is -0.463 e. The summed E-state index contributed by atoms with van der Waals surface area (Å²) in [5.74, 6) is -1.95. The highest BCUT2D eigenvalue weighted by Gasteiger charge is 2.50. The molecule has 1 fully saturated rings. The number of ether oxygens (including phenoxy) is 4. The van der Waals surface area contributed by atoms with Crippen molar-refractivity contribution in [1.29, 1.82) is 5.26 Å². The molecule has 2 heterocycles. The lowest BCUT2D eigenvalue weighted by Gasteiger charge is -2.43. The van der Waals surface area contributed by atoms with Gasteiger partial charge in [0, 0.05) is 36.8 Å². The molecule has 13 heteroatoms. The van der Waals surface area contributed by atoms with Gasteiger partial charge in [0.25, 0.3) is 0 Å². The van der Waals surface area contributed by atoms with Crippen LogP contribution in [0.3, 0.4) is 0 Å². The number of nitriles is 1. The Hall–Kier alpha value is -3.33. The van der Waals surface area contributed by atoms with E-state index in [0.29, 0.717) is 4.90 Å². The van der Waals surface area contributed by atoms with Gasteiger partial charge < -0.3 is 18.9 Å². The van der Waals surface area contributed by atoms with Crippen LogP contribution in [0.15, 0.2) is 28.3 Å². The summed E-state index contributed by atoms with van der Waals surface area (Å²) in [7, 11) is 0. The Morgan fingerprint density at radius 2 is 1.90 bits per heavy atom. The first-order chi connectivity index (χ1) is 14.7. The Kier molecular flexibility index (Phi) is 8.63. The third-order valence-electron chi connectivity index (χ3n) is 3.96. The standard InChI is InChI=1S/C18H19N5O7S/c1-9(24)27-8-14-16(28-10(2)25)15(22-23-20)17(29-11(3)26)18(30-14)31-13-5-4-12(6-19)21-7-13/h4-5,7,14-18H,8H2,1-3H3/t14-,15+,16+,17-,18-/m1/s1. The third-order valence-corrected chi connectivity index (χ3v) is 5.09. The number of nitrogens with zero attached hydrogens (tertiary/aromatic N) is 5. The molecule has 0 bridgehead atoms. The second-order valence-electron chi connectivity index (χ2n) is 6.30. The number of esters is 3. The molecule has 5 atom stereocenters. The van der Waals surface area contributed by atoms with Crippen molar-refractivity contribution in [3.8, 4) is 6.07 Å². The summed E-state index contributed by atoms with van der Waals surface area (Å²) >= 11 is 1.09. The van der Waals surface area contributed by atoms with Crippen molar-refractivity contribution in [3.05, 3.63) is 34.5 Å². The zero-order chi connectivity index (χ0) is 23.0. The summed E-state index contributed by atoms with van der Waals surface area (Å²) < 4.78 is 21.6. The number of thioether (sulfide) groups is 1. The molecule has 0 aromatic carbocycles. The SMILES string of the molecule is CC(=O)OC[C@H]1O[C@H](Sc2ccc(C#N)nc2)[C@H](OC(C)=O)[C@@H](N=[N+]=[N-])[C@H]1OC(C)=O. The molecule has 1 saturated heterocycles. The Morgan fingerprint density at radius 1 is 1.23 bits per heavy atom. The van der Waals surface area contributed by atoms with Crippen molar-refractivity contribution in [2.75, 3.05) is 6.61 Å². The maximum atomic E-state index is 11.7. The molecule has 1 aromatic heterocycles. The molecular formula is C18H19N5O7S.